The molecule has 0 saturated heterocycles. The van der Waals surface area contributed by atoms with Crippen LogP contribution in [0.25, 0.3) is 5.69 Å². The minimum Gasteiger partial charge on any atom is -0.378 e. The second-order valence-electron chi connectivity index (χ2n) is 4.84. The Bertz CT molecular complexity index is 736. The Kier molecular flexibility index (Phi) is 3.70. The smallest absolute Gasteiger partial charge is 0.150 e. The van der Waals surface area contributed by atoms with E-state index in [-0.39, 0.29) is 11.9 Å². The summed E-state index contributed by atoms with van der Waals surface area (Å²) in [6.07, 6.45) is 2.86. The normalized spacial score (nSPS) is 12.3. The first-order chi connectivity index (χ1) is 10.1. The van der Waals surface area contributed by atoms with Crippen molar-refractivity contribution >= 4 is 17.0 Å². The van der Waals surface area contributed by atoms with Crippen LogP contribution in [0.5, 0.6) is 0 Å². The van der Waals surface area contributed by atoms with Crippen LogP contribution in [-0.4, -0.2) is 14.8 Å². The van der Waals surface area contributed by atoms with Gasteiger partial charge in [-0.3, -0.25) is 0 Å². The van der Waals surface area contributed by atoms with Crippen LogP contribution < -0.4 is 5.32 Å². The molecule has 1 N–H and O–H groups in total. The summed E-state index contributed by atoms with van der Waals surface area (Å²) >= 11 is 1.70. The molecule has 0 saturated carbocycles. The summed E-state index contributed by atoms with van der Waals surface area (Å²) in [4.78, 5) is 5.08. The summed E-state index contributed by atoms with van der Waals surface area (Å²) < 4.78 is 15.6. The van der Waals surface area contributed by atoms with Crippen LogP contribution in [0.15, 0.2) is 42.3 Å². The maximum Gasteiger partial charge on any atom is 0.150 e. The van der Waals surface area contributed by atoms with Crippen LogP contribution in [-0.2, 0) is 0 Å². The van der Waals surface area contributed by atoms with Crippen LogP contribution in [0.1, 0.15) is 23.4 Å². The highest BCUT2D eigenvalue weighted by atomic mass is 32.1. The van der Waals surface area contributed by atoms with Gasteiger partial charge in [0, 0.05) is 10.6 Å². The molecule has 1 unspecified atom stereocenters. The van der Waals surface area contributed by atoms with Gasteiger partial charge in [0.05, 0.1) is 6.04 Å². The lowest BCUT2D eigenvalue weighted by molar-refractivity contribution is 0.611. The topological polar surface area (TPSA) is 42.7 Å². The van der Waals surface area contributed by atoms with E-state index >= 15 is 0 Å². The summed E-state index contributed by atoms with van der Waals surface area (Å²) in [6.45, 7) is 4.15. The van der Waals surface area contributed by atoms with Crippen LogP contribution in [0.3, 0.4) is 0 Å². The zero-order valence-electron chi connectivity index (χ0n) is 11.7. The summed E-state index contributed by atoms with van der Waals surface area (Å²) in [5.74, 6) is -0.333. The van der Waals surface area contributed by atoms with Gasteiger partial charge in [-0.05, 0) is 49.1 Å². The molecule has 21 heavy (non-hydrogen) atoms. The summed E-state index contributed by atoms with van der Waals surface area (Å²) in [5, 5.41) is 9.33. The molecular formula is C15H15FN4S. The van der Waals surface area contributed by atoms with E-state index in [2.05, 4.69) is 40.7 Å². The van der Waals surface area contributed by atoms with Gasteiger partial charge in [-0.2, -0.15) is 5.10 Å². The molecule has 1 aromatic carbocycles. The van der Waals surface area contributed by atoms with Gasteiger partial charge in [-0.15, -0.1) is 11.3 Å². The van der Waals surface area contributed by atoms with Crippen molar-refractivity contribution in [2.75, 3.05) is 5.32 Å². The Labute approximate surface area is 126 Å². The highest BCUT2D eigenvalue weighted by Crippen LogP contribution is 2.27. The third kappa shape index (κ3) is 2.80. The number of nitrogens with zero attached hydrogens (tertiary/aromatic N) is 3. The number of nitrogens with one attached hydrogen (secondary N) is 1. The molecule has 1 atom stereocenters. The number of hydrogen-bond acceptors (Lipinski definition) is 4. The lowest BCUT2D eigenvalue weighted by Crippen LogP contribution is -2.07. The number of aryl methyl sites for hydroxylation is 1. The van der Waals surface area contributed by atoms with Crippen molar-refractivity contribution in [1.29, 1.82) is 0 Å². The maximum absolute atomic E-state index is 14.2. The van der Waals surface area contributed by atoms with Crippen molar-refractivity contribution in [1.82, 2.24) is 14.8 Å². The fraction of sp³-hybridized carbons (Fsp3) is 0.200. The first kappa shape index (κ1) is 13.8. The molecule has 6 heteroatoms. The van der Waals surface area contributed by atoms with Crippen molar-refractivity contribution < 1.29 is 4.39 Å². The predicted octanol–water partition coefficient (Wildman–Crippen LogP) is 3.95. The van der Waals surface area contributed by atoms with Gasteiger partial charge >= 0.3 is 0 Å². The third-order valence-corrected chi connectivity index (χ3v) is 4.49. The van der Waals surface area contributed by atoms with Gasteiger partial charge in [-0.25, -0.2) is 14.1 Å². The zero-order valence-corrected chi connectivity index (χ0v) is 12.6. The molecule has 0 radical (unpaired) electrons. The molecule has 108 valence electrons. The molecule has 0 aliphatic carbocycles. The minimum atomic E-state index is -0.333. The molecule has 3 rings (SSSR count). The minimum absolute atomic E-state index is 0.140. The van der Waals surface area contributed by atoms with Crippen LogP contribution in [0.2, 0.25) is 0 Å². The molecule has 0 amide bonds. The van der Waals surface area contributed by atoms with E-state index < -0.39 is 0 Å². The van der Waals surface area contributed by atoms with Crippen molar-refractivity contribution in [3.05, 3.63) is 58.6 Å². The van der Waals surface area contributed by atoms with E-state index in [4.69, 9.17) is 0 Å². The molecular weight excluding hydrogens is 287 g/mol. The van der Waals surface area contributed by atoms with Gasteiger partial charge in [0.1, 0.15) is 18.3 Å². The van der Waals surface area contributed by atoms with E-state index in [0.29, 0.717) is 5.69 Å². The summed E-state index contributed by atoms with van der Waals surface area (Å²) in [7, 11) is 0. The number of hydrogen-bond donors (Lipinski definition) is 1. The first-order valence-electron chi connectivity index (χ1n) is 6.60. The predicted molar refractivity (Wildman–Crippen MR) is 82.4 cm³/mol. The average molecular weight is 302 g/mol. The van der Waals surface area contributed by atoms with Gasteiger partial charge in [0.25, 0.3) is 0 Å². The van der Waals surface area contributed by atoms with Gasteiger partial charge < -0.3 is 5.32 Å². The Morgan fingerprint density at radius 3 is 2.81 bits per heavy atom. The Balaban J connectivity index is 1.81. The molecule has 0 aliphatic rings. The maximum atomic E-state index is 14.2. The average Bonchev–Trinajstić information content (AvgIpc) is 3.10. The molecule has 0 spiro atoms. The highest BCUT2D eigenvalue weighted by Gasteiger charge is 2.11. The Hall–Kier alpha value is -2.21. The standard InChI is InChI=1S/C15H15FN4S/c1-10-5-6-21-15(10)11(2)19-12-3-4-14(13(16)7-12)20-9-17-8-18-20/h3-9,11,19H,1-2H3. The van der Waals surface area contributed by atoms with E-state index in [1.54, 1.807) is 17.4 Å². The summed E-state index contributed by atoms with van der Waals surface area (Å²) in [6, 6.07) is 7.25. The Morgan fingerprint density at radius 2 is 2.19 bits per heavy atom. The van der Waals surface area contributed by atoms with Crippen molar-refractivity contribution in [2.24, 2.45) is 0 Å². The number of benzene rings is 1. The van der Waals surface area contributed by atoms with Gasteiger partial charge in [-0.1, -0.05) is 0 Å². The quantitative estimate of drug-likeness (QED) is 0.793. The van der Waals surface area contributed by atoms with Crippen molar-refractivity contribution in [2.45, 2.75) is 19.9 Å². The Morgan fingerprint density at radius 1 is 1.33 bits per heavy atom. The van der Waals surface area contributed by atoms with E-state index in [1.807, 2.05) is 6.07 Å². The molecule has 2 aromatic heterocycles. The fourth-order valence-corrected chi connectivity index (χ4v) is 3.19. The van der Waals surface area contributed by atoms with E-state index in [9.17, 15) is 4.39 Å². The summed E-state index contributed by atoms with van der Waals surface area (Å²) in [5.41, 5.74) is 2.38. The first-order valence-corrected chi connectivity index (χ1v) is 7.48. The van der Waals surface area contributed by atoms with E-state index in [1.165, 1.54) is 33.8 Å². The second kappa shape index (κ2) is 5.65. The van der Waals surface area contributed by atoms with Gasteiger partial charge in [0.2, 0.25) is 0 Å². The molecule has 0 fully saturated rings. The zero-order chi connectivity index (χ0) is 14.8. The lowest BCUT2D eigenvalue weighted by atomic mass is 10.1. The van der Waals surface area contributed by atoms with E-state index in [0.717, 1.165) is 5.69 Å². The van der Waals surface area contributed by atoms with Crippen molar-refractivity contribution in [3.8, 4) is 5.69 Å². The van der Waals surface area contributed by atoms with Crippen molar-refractivity contribution in [3.63, 3.8) is 0 Å². The molecule has 0 bridgehead atoms. The largest absolute Gasteiger partial charge is 0.378 e. The number of halogens is 1. The lowest BCUT2D eigenvalue weighted by Gasteiger charge is -2.15. The van der Waals surface area contributed by atoms with Crippen LogP contribution in [0, 0.1) is 12.7 Å². The second-order valence-corrected chi connectivity index (χ2v) is 5.79. The fourth-order valence-electron chi connectivity index (χ4n) is 2.26. The number of thiophene rings is 1. The monoisotopic (exact) mass is 302 g/mol. The molecule has 4 nitrogen and oxygen atoms in total. The number of aromatic nitrogens is 3. The molecule has 3 aromatic rings. The third-order valence-electron chi connectivity index (χ3n) is 3.29. The number of rotatable bonds is 4. The SMILES string of the molecule is Cc1ccsc1C(C)Nc1ccc(-n2cncn2)c(F)c1. The number of anilines is 1. The molecule has 2 heterocycles. The highest BCUT2D eigenvalue weighted by molar-refractivity contribution is 7.10. The van der Waals surface area contributed by atoms with Crippen LogP contribution >= 0.6 is 11.3 Å². The van der Waals surface area contributed by atoms with Crippen LogP contribution in [0.4, 0.5) is 10.1 Å². The van der Waals surface area contributed by atoms with Gasteiger partial charge in [0.15, 0.2) is 5.82 Å². The molecule has 0 aliphatic heterocycles.